The fraction of sp³-hybridized carbons (Fsp3) is 0.538. The van der Waals surface area contributed by atoms with Crippen molar-refractivity contribution >= 4 is 5.69 Å². The topological polar surface area (TPSA) is 27.7 Å². The van der Waals surface area contributed by atoms with Gasteiger partial charge in [-0.15, -0.1) is 0 Å². The second-order valence-corrected chi connectivity index (χ2v) is 4.49. The lowest BCUT2D eigenvalue weighted by Gasteiger charge is -2.34. The molecule has 1 fully saturated rings. The fourth-order valence-corrected chi connectivity index (χ4v) is 2.08. The number of benzene rings is 1. The molecular formula is C13H21N3O. The number of nitrogens with zero attached hydrogens (tertiary/aromatic N) is 2. The second-order valence-electron chi connectivity index (χ2n) is 4.49. The van der Waals surface area contributed by atoms with Crippen molar-refractivity contribution in [1.29, 1.82) is 0 Å². The van der Waals surface area contributed by atoms with Gasteiger partial charge >= 0.3 is 0 Å². The van der Waals surface area contributed by atoms with E-state index in [4.69, 9.17) is 4.84 Å². The Kier molecular flexibility index (Phi) is 4.36. The molecule has 1 aromatic carbocycles. The summed E-state index contributed by atoms with van der Waals surface area (Å²) in [7, 11) is 3.82. The van der Waals surface area contributed by atoms with Gasteiger partial charge in [-0.2, -0.15) is 5.48 Å². The Morgan fingerprint density at radius 1 is 1.24 bits per heavy atom. The molecule has 0 radical (unpaired) electrons. The van der Waals surface area contributed by atoms with Crippen LogP contribution >= 0.6 is 0 Å². The molecule has 1 saturated heterocycles. The lowest BCUT2D eigenvalue weighted by molar-refractivity contribution is 0.0867. The first-order chi connectivity index (χ1) is 8.29. The Hall–Kier alpha value is -1.10. The zero-order chi connectivity index (χ0) is 12.1. The monoisotopic (exact) mass is 235 g/mol. The van der Waals surface area contributed by atoms with Crippen LogP contribution in [0.25, 0.3) is 0 Å². The number of hydrogen-bond acceptors (Lipinski definition) is 4. The van der Waals surface area contributed by atoms with E-state index in [0.29, 0.717) is 0 Å². The summed E-state index contributed by atoms with van der Waals surface area (Å²) >= 11 is 0. The van der Waals surface area contributed by atoms with E-state index in [2.05, 4.69) is 46.6 Å². The van der Waals surface area contributed by atoms with Crippen molar-refractivity contribution in [3.8, 4) is 0 Å². The molecule has 0 aromatic heterocycles. The van der Waals surface area contributed by atoms with Crippen LogP contribution in [0.2, 0.25) is 0 Å². The van der Waals surface area contributed by atoms with Gasteiger partial charge in [-0.3, -0.25) is 0 Å². The first kappa shape index (κ1) is 12.4. The van der Waals surface area contributed by atoms with Crippen molar-refractivity contribution in [2.75, 3.05) is 45.2 Å². The summed E-state index contributed by atoms with van der Waals surface area (Å²) in [5.74, 6) is 0. The van der Waals surface area contributed by atoms with Gasteiger partial charge in [0.1, 0.15) is 0 Å². The highest BCUT2D eigenvalue weighted by Gasteiger charge is 2.14. The smallest absolute Gasteiger partial charge is 0.0572 e. The molecule has 0 atom stereocenters. The lowest BCUT2D eigenvalue weighted by atomic mass is 10.1. The number of hydroxylamine groups is 1. The largest absolute Gasteiger partial charge is 0.369 e. The number of rotatable bonds is 4. The molecule has 2 rings (SSSR count). The van der Waals surface area contributed by atoms with Crippen molar-refractivity contribution in [3.63, 3.8) is 0 Å². The summed E-state index contributed by atoms with van der Waals surface area (Å²) in [6.07, 6.45) is 0. The van der Waals surface area contributed by atoms with Crippen LogP contribution in [0, 0.1) is 0 Å². The van der Waals surface area contributed by atoms with Crippen LogP contribution in [0.4, 0.5) is 5.69 Å². The maximum atomic E-state index is 4.87. The van der Waals surface area contributed by atoms with E-state index < -0.39 is 0 Å². The van der Waals surface area contributed by atoms with Gasteiger partial charge in [0, 0.05) is 38.4 Å². The highest BCUT2D eigenvalue weighted by Crippen LogP contribution is 2.17. The van der Waals surface area contributed by atoms with Gasteiger partial charge in [0.05, 0.1) is 7.11 Å². The van der Waals surface area contributed by atoms with Crippen LogP contribution in [0.5, 0.6) is 0 Å². The fourth-order valence-electron chi connectivity index (χ4n) is 2.08. The van der Waals surface area contributed by atoms with E-state index in [1.165, 1.54) is 11.3 Å². The first-order valence-corrected chi connectivity index (χ1v) is 6.08. The van der Waals surface area contributed by atoms with Gasteiger partial charge in [-0.1, -0.05) is 12.1 Å². The van der Waals surface area contributed by atoms with Gasteiger partial charge < -0.3 is 14.6 Å². The molecular weight excluding hydrogens is 214 g/mol. The van der Waals surface area contributed by atoms with Crippen molar-refractivity contribution in [2.24, 2.45) is 0 Å². The molecule has 1 aromatic rings. The molecule has 4 heteroatoms. The Balaban J connectivity index is 2.00. The SMILES string of the molecule is CONCc1cccc(N2CCN(C)CC2)c1. The van der Waals surface area contributed by atoms with Gasteiger partial charge in [-0.05, 0) is 24.7 Å². The zero-order valence-electron chi connectivity index (χ0n) is 10.6. The average Bonchev–Trinajstić information content (AvgIpc) is 2.37. The summed E-state index contributed by atoms with van der Waals surface area (Å²) in [5, 5.41) is 0. The Labute approximate surface area is 103 Å². The third-order valence-electron chi connectivity index (χ3n) is 3.20. The first-order valence-electron chi connectivity index (χ1n) is 6.08. The highest BCUT2D eigenvalue weighted by atomic mass is 16.6. The quantitative estimate of drug-likeness (QED) is 0.791. The van der Waals surface area contributed by atoms with Crippen LogP contribution in [-0.2, 0) is 11.4 Å². The molecule has 1 N–H and O–H groups in total. The van der Waals surface area contributed by atoms with E-state index in [1.54, 1.807) is 7.11 Å². The highest BCUT2D eigenvalue weighted by molar-refractivity contribution is 5.49. The average molecular weight is 235 g/mol. The number of piperazine rings is 1. The predicted molar refractivity (Wildman–Crippen MR) is 70.0 cm³/mol. The standard InChI is InChI=1S/C13H21N3O/c1-15-6-8-16(9-7-15)13-5-3-4-12(10-13)11-14-17-2/h3-5,10,14H,6-9,11H2,1-2H3. The molecule has 17 heavy (non-hydrogen) atoms. The Bertz CT molecular complexity index is 348. The Morgan fingerprint density at radius 2 is 2.00 bits per heavy atom. The summed E-state index contributed by atoms with van der Waals surface area (Å²) in [6, 6.07) is 8.64. The van der Waals surface area contributed by atoms with Crippen molar-refractivity contribution < 1.29 is 4.84 Å². The molecule has 0 spiro atoms. The molecule has 0 unspecified atom stereocenters. The lowest BCUT2D eigenvalue weighted by Crippen LogP contribution is -2.44. The van der Waals surface area contributed by atoms with Gasteiger partial charge in [0.15, 0.2) is 0 Å². The maximum Gasteiger partial charge on any atom is 0.0572 e. The molecule has 94 valence electrons. The summed E-state index contributed by atoms with van der Waals surface area (Å²) in [4.78, 5) is 9.68. The summed E-state index contributed by atoms with van der Waals surface area (Å²) in [6.45, 7) is 5.24. The van der Waals surface area contributed by atoms with E-state index >= 15 is 0 Å². The number of nitrogens with one attached hydrogen (secondary N) is 1. The van der Waals surface area contributed by atoms with Crippen LogP contribution in [-0.4, -0.2) is 45.2 Å². The van der Waals surface area contributed by atoms with Crippen LogP contribution in [0.15, 0.2) is 24.3 Å². The molecule has 1 aliphatic heterocycles. The van der Waals surface area contributed by atoms with Gasteiger partial charge in [0.25, 0.3) is 0 Å². The summed E-state index contributed by atoms with van der Waals surface area (Å²) in [5.41, 5.74) is 5.44. The molecule has 0 aliphatic carbocycles. The normalized spacial score (nSPS) is 17.4. The molecule has 4 nitrogen and oxygen atoms in total. The minimum Gasteiger partial charge on any atom is -0.369 e. The van der Waals surface area contributed by atoms with Crippen molar-refractivity contribution in [2.45, 2.75) is 6.54 Å². The molecule has 0 saturated carbocycles. The van der Waals surface area contributed by atoms with Crippen LogP contribution in [0.1, 0.15) is 5.56 Å². The van der Waals surface area contributed by atoms with Crippen molar-refractivity contribution in [3.05, 3.63) is 29.8 Å². The van der Waals surface area contributed by atoms with E-state index in [9.17, 15) is 0 Å². The third kappa shape index (κ3) is 3.43. The van der Waals surface area contributed by atoms with Crippen LogP contribution in [0.3, 0.4) is 0 Å². The molecule has 0 amide bonds. The van der Waals surface area contributed by atoms with Gasteiger partial charge in [-0.25, -0.2) is 0 Å². The van der Waals surface area contributed by atoms with Gasteiger partial charge in [0.2, 0.25) is 0 Å². The summed E-state index contributed by atoms with van der Waals surface area (Å²) < 4.78 is 0. The van der Waals surface area contributed by atoms with E-state index in [0.717, 1.165) is 32.7 Å². The minimum atomic E-state index is 0.748. The number of anilines is 1. The third-order valence-corrected chi connectivity index (χ3v) is 3.20. The minimum absolute atomic E-state index is 0.748. The number of likely N-dealkylation sites (N-methyl/N-ethyl adjacent to an activating group) is 1. The van der Waals surface area contributed by atoms with Crippen molar-refractivity contribution in [1.82, 2.24) is 10.4 Å². The maximum absolute atomic E-state index is 4.87. The van der Waals surface area contributed by atoms with E-state index in [-0.39, 0.29) is 0 Å². The second kappa shape index (κ2) is 6.00. The zero-order valence-corrected chi connectivity index (χ0v) is 10.6. The molecule has 0 bridgehead atoms. The molecule has 1 heterocycles. The Morgan fingerprint density at radius 3 is 2.71 bits per heavy atom. The van der Waals surface area contributed by atoms with E-state index in [1.807, 2.05) is 0 Å². The molecule has 1 aliphatic rings. The predicted octanol–water partition coefficient (Wildman–Crippen LogP) is 1.09. The van der Waals surface area contributed by atoms with Crippen LogP contribution < -0.4 is 10.4 Å². The number of hydrogen-bond donors (Lipinski definition) is 1.